The molecule has 0 aliphatic heterocycles. The van der Waals surface area contributed by atoms with E-state index in [4.69, 9.17) is 9.72 Å². The quantitative estimate of drug-likeness (QED) is 0.569. The molecule has 1 N–H and O–H groups in total. The zero-order valence-electron chi connectivity index (χ0n) is 16.0. The van der Waals surface area contributed by atoms with Crippen molar-refractivity contribution in [1.29, 1.82) is 0 Å². The number of imidazole rings is 1. The first-order chi connectivity index (χ1) is 13.2. The maximum atomic E-state index is 12.0. The minimum Gasteiger partial charge on any atom is -0.494 e. The van der Waals surface area contributed by atoms with E-state index >= 15 is 0 Å². The molecule has 142 valence electrons. The fourth-order valence-corrected chi connectivity index (χ4v) is 3.19. The minimum atomic E-state index is -0.133. The molecule has 1 atom stereocenters. The summed E-state index contributed by atoms with van der Waals surface area (Å²) in [5.41, 5.74) is 2.04. The third kappa shape index (κ3) is 4.88. The number of carbonyl (C=O) groups excluding carboxylic acids is 1. The van der Waals surface area contributed by atoms with Crippen molar-refractivity contribution in [3.63, 3.8) is 0 Å². The van der Waals surface area contributed by atoms with Gasteiger partial charge in [-0.05, 0) is 44.0 Å². The summed E-state index contributed by atoms with van der Waals surface area (Å²) in [7, 11) is 0. The van der Waals surface area contributed by atoms with E-state index in [9.17, 15) is 4.79 Å². The average Bonchev–Trinajstić information content (AvgIpc) is 3.05. The SMILES string of the molecule is CCCC(=O)NC(C)c1nc2ccccc2n1CCCOc1ccccc1. The number of aryl methyl sites for hydroxylation is 1. The second-order valence-electron chi connectivity index (χ2n) is 6.66. The Balaban J connectivity index is 1.71. The molecular formula is C22H27N3O2. The molecule has 1 amide bonds. The molecule has 0 saturated heterocycles. The molecule has 1 heterocycles. The molecule has 0 bridgehead atoms. The van der Waals surface area contributed by atoms with Gasteiger partial charge < -0.3 is 14.6 Å². The molecule has 0 saturated carbocycles. The predicted octanol–water partition coefficient (Wildman–Crippen LogP) is 4.48. The van der Waals surface area contributed by atoms with Gasteiger partial charge in [-0.2, -0.15) is 0 Å². The van der Waals surface area contributed by atoms with Crippen LogP contribution in [0.25, 0.3) is 11.0 Å². The third-order valence-electron chi connectivity index (χ3n) is 4.46. The van der Waals surface area contributed by atoms with Crippen molar-refractivity contribution in [1.82, 2.24) is 14.9 Å². The van der Waals surface area contributed by atoms with Gasteiger partial charge in [-0.1, -0.05) is 37.3 Å². The van der Waals surface area contributed by atoms with Crippen LogP contribution in [0.15, 0.2) is 54.6 Å². The van der Waals surface area contributed by atoms with Crippen molar-refractivity contribution in [3.05, 3.63) is 60.4 Å². The van der Waals surface area contributed by atoms with Gasteiger partial charge in [-0.25, -0.2) is 4.98 Å². The van der Waals surface area contributed by atoms with Crippen molar-refractivity contribution in [2.45, 2.75) is 45.7 Å². The topological polar surface area (TPSA) is 56.2 Å². The van der Waals surface area contributed by atoms with Gasteiger partial charge in [0.2, 0.25) is 5.91 Å². The van der Waals surface area contributed by atoms with Crippen molar-refractivity contribution >= 4 is 16.9 Å². The van der Waals surface area contributed by atoms with Gasteiger partial charge in [0.05, 0.1) is 23.7 Å². The van der Waals surface area contributed by atoms with Crippen LogP contribution in [0.5, 0.6) is 5.75 Å². The molecule has 5 heteroatoms. The Bertz CT molecular complexity index is 874. The highest BCUT2D eigenvalue weighted by molar-refractivity contribution is 5.78. The zero-order valence-corrected chi connectivity index (χ0v) is 16.0. The lowest BCUT2D eigenvalue weighted by Crippen LogP contribution is -2.28. The summed E-state index contributed by atoms with van der Waals surface area (Å²) >= 11 is 0. The van der Waals surface area contributed by atoms with Gasteiger partial charge in [0.15, 0.2) is 0 Å². The van der Waals surface area contributed by atoms with Crippen molar-refractivity contribution in [3.8, 4) is 5.75 Å². The number of aromatic nitrogens is 2. The number of hydrogen-bond donors (Lipinski definition) is 1. The second-order valence-corrected chi connectivity index (χ2v) is 6.66. The Morgan fingerprint density at radius 3 is 2.67 bits per heavy atom. The number of ether oxygens (including phenoxy) is 1. The maximum absolute atomic E-state index is 12.0. The summed E-state index contributed by atoms with van der Waals surface area (Å²) in [5, 5.41) is 3.06. The van der Waals surface area contributed by atoms with E-state index in [1.165, 1.54) is 0 Å². The summed E-state index contributed by atoms with van der Waals surface area (Å²) in [5.74, 6) is 1.84. The largest absolute Gasteiger partial charge is 0.494 e. The summed E-state index contributed by atoms with van der Waals surface area (Å²) in [6, 6.07) is 17.8. The molecule has 0 aliphatic carbocycles. The summed E-state index contributed by atoms with van der Waals surface area (Å²) in [4.78, 5) is 16.8. The van der Waals surface area contributed by atoms with Gasteiger partial charge in [0.25, 0.3) is 0 Å². The molecule has 5 nitrogen and oxygen atoms in total. The second kappa shape index (κ2) is 9.21. The molecule has 1 unspecified atom stereocenters. The number of benzene rings is 2. The lowest BCUT2D eigenvalue weighted by Gasteiger charge is -2.16. The molecule has 27 heavy (non-hydrogen) atoms. The summed E-state index contributed by atoms with van der Waals surface area (Å²) in [6.45, 7) is 5.42. The normalized spacial score (nSPS) is 12.1. The summed E-state index contributed by atoms with van der Waals surface area (Å²) in [6.07, 6.45) is 2.24. The monoisotopic (exact) mass is 365 g/mol. The molecule has 3 rings (SSSR count). The highest BCUT2D eigenvalue weighted by atomic mass is 16.5. The number of amides is 1. The number of nitrogens with zero attached hydrogens (tertiary/aromatic N) is 2. The van der Waals surface area contributed by atoms with Crippen LogP contribution in [0.1, 0.15) is 45.0 Å². The van der Waals surface area contributed by atoms with Crippen molar-refractivity contribution < 1.29 is 9.53 Å². The molecule has 0 radical (unpaired) electrons. The first kappa shape index (κ1) is 19.0. The number of nitrogens with one attached hydrogen (secondary N) is 1. The zero-order chi connectivity index (χ0) is 19.1. The molecule has 2 aromatic carbocycles. The fraction of sp³-hybridized carbons (Fsp3) is 0.364. The summed E-state index contributed by atoms with van der Waals surface area (Å²) < 4.78 is 8.00. The van der Waals surface area contributed by atoms with E-state index in [0.29, 0.717) is 13.0 Å². The number of carbonyl (C=O) groups is 1. The molecular weight excluding hydrogens is 338 g/mol. The lowest BCUT2D eigenvalue weighted by atomic mass is 10.2. The molecule has 3 aromatic rings. The van der Waals surface area contributed by atoms with Crippen LogP contribution in [0, 0.1) is 0 Å². The maximum Gasteiger partial charge on any atom is 0.220 e. The Hall–Kier alpha value is -2.82. The fourth-order valence-electron chi connectivity index (χ4n) is 3.19. The van der Waals surface area contributed by atoms with E-state index in [2.05, 4.69) is 16.0 Å². The van der Waals surface area contributed by atoms with Crippen LogP contribution >= 0.6 is 0 Å². The van der Waals surface area contributed by atoms with Crippen LogP contribution in [-0.2, 0) is 11.3 Å². The first-order valence-electron chi connectivity index (χ1n) is 9.61. The van der Waals surface area contributed by atoms with Gasteiger partial charge in [0, 0.05) is 13.0 Å². The Morgan fingerprint density at radius 2 is 1.89 bits per heavy atom. The number of fused-ring (bicyclic) bond motifs is 1. The van der Waals surface area contributed by atoms with Gasteiger partial charge in [-0.3, -0.25) is 4.79 Å². The van der Waals surface area contributed by atoms with E-state index in [0.717, 1.165) is 42.0 Å². The molecule has 1 aromatic heterocycles. The van der Waals surface area contributed by atoms with Gasteiger partial charge >= 0.3 is 0 Å². The lowest BCUT2D eigenvalue weighted by molar-refractivity contribution is -0.121. The Labute approximate surface area is 160 Å². The highest BCUT2D eigenvalue weighted by Crippen LogP contribution is 2.21. The van der Waals surface area contributed by atoms with E-state index in [1.807, 2.05) is 62.4 Å². The number of rotatable bonds is 9. The van der Waals surface area contributed by atoms with E-state index in [-0.39, 0.29) is 11.9 Å². The van der Waals surface area contributed by atoms with Crippen LogP contribution in [0.4, 0.5) is 0 Å². The van der Waals surface area contributed by atoms with Crippen LogP contribution in [-0.4, -0.2) is 22.1 Å². The van der Waals surface area contributed by atoms with Crippen LogP contribution in [0.2, 0.25) is 0 Å². The van der Waals surface area contributed by atoms with Crippen LogP contribution in [0.3, 0.4) is 0 Å². The Kier molecular flexibility index (Phi) is 6.47. The van der Waals surface area contributed by atoms with Crippen molar-refractivity contribution in [2.24, 2.45) is 0 Å². The average molecular weight is 365 g/mol. The standard InChI is InChI=1S/C22H27N3O2/c1-3-10-21(26)23-17(2)22-24-19-13-7-8-14-20(19)25(22)15-9-16-27-18-11-5-4-6-12-18/h4-8,11-14,17H,3,9-10,15-16H2,1-2H3,(H,23,26). The smallest absolute Gasteiger partial charge is 0.220 e. The first-order valence-corrected chi connectivity index (χ1v) is 9.61. The van der Waals surface area contributed by atoms with E-state index < -0.39 is 0 Å². The van der Waals surface area contributed by atoms with Crippen LogP contribution < -0.4 is 10.1 Å². The number of para-hydroxylation sites is 3. The molecule has 0 fully saturated rings. The van der Waals surface area contributed by atoms with Gasteiger partial charge in [-0.15, -0.1) is 0 Å². The molecule has 0 aliphatic rings. The highest BCUT2D eigenvalue weighted by Gasteiger charge is 2.17. The van der Waals surface area contributed by atoms with Crippen molar-refractivity contribution in [2.75, 3.05) is 6.61 Å². The number of hydrogen-bond acceptors (Lipinski definition) is 3. The third-order valence-corrected chi connectivity index (χ3v) is 4.46. The minimum absolute atomic E-state index is 0.0658. The Morgan fingerprint density at radius 1 is 1.15 bits per heavy atom. The molecule has 0 spiro atoms. The van der Waals surface area contributed by atoms with Gasteiger partial charge in [0.1, 0.15) is 11.6 Å². The predicted molar refractivity (Wildman–Crippen MR) is 108 cm³/mol. The van der Waals surface area contributed by atoms with E-state index in [1.54, 1.807) is 0 Å².